The molecule has 0 aliphatic carbocycles. The first kappa shape index (κ1) is 19.3. The van der Waals surface area contributed by atoms with E-state index < -0.39 is 0 Å². The smallest absolute Gasteiger partial charge is 0.221 e. The molecule has 3 N–H and O–H groups in total. The topological polar surface area (TPSA) is 58.4 Å². The molecule has 0 aromatic heterocycles. The van der Waals surface area contributed by atoms with Crippen LogP contribution in [0.25, 0.3) is 0 Å². The number of nitrogens with zero attached hydrogens (tertiary/aromatic N) is 1. The summed E-state index contributed by atoms with van der Waals surface area (Å²) in [5.41, 5.74) is 5.58. The predicted octanol–water partition coefficient (Wildman–Crippen LogP) is 1.17. The molecule has 104 valence electrons. The Labute approximate surface area is 117 Å². The van der Waals surface area contributed by atoms with Crippen LogP contribution in [0, 0.1) is 0 Å². The van der Waals surface area contributed by atoms with Crippen molar-refractivity contribution in [2.45, 2.75) is 45.2 Å². The van der Waals surface area contributed by atoms with Gasteiger partial charge in [0, 0.05) is 25.0 Å². The lowest BCUT2D eigenvalue weighted by Gasteiger charge is -2.32. The number of likely N-dealkylation sites (tertiary alicyclic amines) is 1. The van der Waals surface area contributed by atoms with Crippen LogP contribution in [-0.2, 0) is 4.79 Å². The highest BCUT2D eigenvalue weighted by atomic mass is 35.5. The summed E-state index contributed by atoms with van der Waals surface area (Å²) < 4.78 is 0. The molecule has 1 amide bonds. The van der Waals surface area contributed by atoms with E-state index in [-0.39, 0.29) is 36.8 Å². The molecule has 1 aliphatic rings. The first-order valence-electron chi connectivity index (χ1n) is 5.89. The number of nitrogens with one attached hydrogen (secondary N) is 1. The molecular weight excluding hydrogens is 261 g/mol. The summed E-state index contributed by atoms with van der Waals surface area (Å²) >= 11 is 0. The Morgan fingerprint density at radius 2 is 2.18 bits per heavy atom. The Balaban J connectivity index is 0. The number of hydrogen-bond donors (Lipinski definition) is 2. The van der Waals surface area contributed by atoms with E-state index in [9.17, 15) is 4.79 Å². The normalized spacial score (nSPS) is 21.9. The Morgan fingerprint density at radius 3 is 2.71 bits per heavy atom. The molecule has 6 heteroatoms. The number of nitrogens with two attached hydrogens (primary N) is 1. The van der Waals surface area contributed by atoms with Gasteiger partial charge in [-0.3, -0.25) is 4.79 Å². The zero-order valence-corrected chi connectivity index (χ0v) is 12.3. The fraction of sp³-hybridized carbons (Fsp3) is 0.909. The third-order valence-electron chi connectivity index (χ3n) is 2.83. The van der Waals surface area contributed by atoms with Gasteiger partial charge in [-0.25, -0.2) is 0 Å². The molecular formula is C11H25Cl2N3O. The molecule has 0 bridgehead atoms. The van der Waals surface area contributed by atoms with Gasteiger partial charge in [0.25, 0.3) is 0 Å². The minimum absolute atomic E-state index is 0. The summed E-state index contributed by atoms with van der Waals surface area (Å²) in [5.74, 6) is 0.0907. The van der Waals surface area contributed by atoms with Crippen molar-refractivity contribution in [3.8, 4) is 0 Å². The van der Waals surface area contributed by atoms with Crippen LogP contribution in [-0.4, -0.2) is 42.5 Å². The standard InChI is InChI=1S/C11H23N3O.2ClH/c1-3-14-6-4-5-10(8-14)13-11(15)7-9(2)12;;/h9-10H,3-8,12H2,1-2H3,(H,13,15);2*1H. The largest absolute Gasteiger partial charge is 0.352 e. The summed E-state index contributed by atoms with van der Waals surface area (Å²) in [5, 5.41) is 3.05. The molecule has 1 fully saturated rings. The second-order valence-electron chi connectivity index (χ2n) is 4.48. The quantitative estimate of drug-likeness (QED) is 0.815. The summed E-state index contributed by atoms with van der Waals surface area (Å²) in [6.45, 7) is 7.24. The van der Waals surface area contributed by atoms with Crippen molar-refractivity contribution >= 4 is 30.7 Å². The van der Waals surface area contributed by atoms with Crippen LogP contribution in [0.2, 0.25) is 0 Å². The molecule has 4 nitrogen and oxygen atoms in total. The van der Waals surface area contributed by atoms with E-state index in [0.29, 0.717) is 12.5 Å². The predicted molar refractivity (Wildman–Crippen MR) is 76.0 cm³/mol. The van der Waals surface area contributed by atoms with Crippen LogP contribution in [0.1, 0.15) is 33.1 Å². The van der Waals surface area contributed by atoms with Crippen LogP contribution in [0.5, 0.6) is 0 Å². The van der Waals surface area contributed by atoms with E-state index in [1.165, 1.54) is 6.42 Å². The van der Waals surface area contributed by atoms with Crippen LogP contribution in [0.15, 0.2) is 0 Å². The molecule has 1 aliphatic heterocycles. The lowest BCUT2D eigenvalue weighted by Crippen LogP contribution is -2.48. The van der Waals surface area contributed by atoms with Crippen molar-refractivity contribution in [3.05, 3.63) is 0 Å². The lowest BCUT2D eigenvalue weighted by atomic mass is 10.1. The number of halogens is 2. The van der Waals surface area contributed by atoms with Crippen LogP contribution >= 0.6 is 24.8 Å². The molecule has 1 heterocycles. The second kappa shape index (κ2) is 9.95. The molecule has 0 spiro atoms. The van der Waals surface area contributed by atoms with Crippen molar-refractivity contribution in [3.63, 3.8) is 0 Å². The van der Waals surface area contributed by atoms with Crippen LogP contribution in [0.4, 0.5) is 0 Å². The van der Waals surface area contributed by atoms with Gasteiger partial charge in [0.1, 0.15) is 0 Å². The fourth-order valence-electron chi connectivity index (χ4n) is 2.04. The monoisotopic (exact) mass is 285 g/mol. The van der Waals surface area contributed by atoms with E-state index in [4.69, 9.17) is 5.73 Å². The molecule has 2 unspecified atom stereocenters. The van der Waals surface area contributed by atoms with E-state index >= 15 is 0 Å². The third kappa shape index (κ3) is 7.82. The molecule has 17 heavy (non-hydrogen) atoms. The Bertz CT molecular complexity index is 215. The van der Waals surface area contributed by atoms with E-state index in [2.05, 4.69) is 17.1 Å². The SMILES string of the molecule is CCN1CCCC(NC(=O)CC(C)N)C1.Cl.Cl. The number of likely N-dealkylation sites (N-methyl/N-ethyl adjacent to an activating group) is 1. The van der Waals surface area contributed by atoms with Gasteiger partial charge < -0.3 is 16.0 Å². The number of amides is 1. The number of rotatable bonds is 4. The average molecular weight is 286 g/mol. The first-order chi connectivity index (χ1) is 7.11. The zero-order chi connectivity index (χ0) is 11.3. The highest BCUT2D eigenvalue weighted by molar-refractivity contribution is 5.85. The Hall–Kier alpha value is -0.0300. The van der Waals surface area contributed by atoms with E-state index in [1.807, 2.05) is 6.92 Å². The van der Waals surface area contributed by atoms with Gasteiger partial charge >= 0.3 is 0 Å². The van der Waals surface area contributed by atoms with Crippen molar-refractivity contribution in [2.75, 3.05) is 19.6 Å². The maximum Gasteiger partial charge on any atom is 0.221 e. The van der Waals surface area contributed by atoms with Gasteiger partial charge in [-0.2, -0.15) is 0 Å². The van der Waals surface area contributed by atoms with Gasteiger partial charge in [-0.1, -0.05) is 6.92 Å². The summed E-state index contributed by atoms with van der Waals surface area (Å²) in [4.78, 5) is 13.9. The minimum atomic E-state index is -0.0455. The Kier molecular flexibility index (Phi) is 11.3. The summed E-state index contributed by atoms with van der Waals surface area (Å²) in [6.07, 6.45) is 2.71. The number of carbonyl (C=O) groups excluding carboxylic acids is 1. The number of carbonyl (C=O) groups is 1. The van der Waals surface area contributed by atoms with E-state index in [1.54, 1.807) is 0 Å². The summed E-state index contributed by atoms with van der Waals surface area (Å²) in [7, 11) is 0. The first-order valence-corrected chi connectivity index (χ1v) is 5.89. The highest BCUT2D eigenvalue weighted by Crippen LogP contribution is 2.09. The van der Waals surface area contributed by atoms with Crippen LogP contribution in [0.3, 0.4) is 0 Å². The second-order valence-corrected chi connectivity index (χ2v) is 4.48. The maximum absolute atomic E-state index is 11.5. The van der Waals surface area contributed by atoms with E-state index in [0.717, 1.165) is 26.1 Å². The third-order valence-corrected chi connectivity index (χ3v) is 2.83. The Morgan fingerprint density at radius 1 is 1.53 bits per heavy atom. The van der Waals surface area contributed by atoms with Gasteiger partial charge in [0.15, 0.2) is 0 Å². The van der Waals surface area contributed by atoms with Gasteiger partial charge in [0.2, 0.25) is 5.91 Å². The molecule has 1 rings (SSSR count). The number of piperidine rings is 1. The zero-order valence-electron chi connectivity index (χ0n) is 10.6. The van der Waals surface area contributed by atoms with Gasteiger partial charge in [0.05, 0.1) is 0 Å². The lowest BCUT2D eigenvalue weighted by molar-refractivity contribution is -0.122. The van der Waals surface area contributed by atoms with Crippen molar-refractivity contribution in [1.29, 1.82) is 0 Å². The van der Waals surface area contributed by atoms with Crippen molar-refractivity contribution in [2.24, 2.45) is 5.73 Å². The number of hydrogen-bond acceptors (Lipinski definition) is 3. The minimum Gasteiger partial charge on any atom is -0.352 e. The molecule has 2 atom stereocenters. The molecule has 1 saturated heterocycles. The van der Waals surface area contributed by atoms with Crippen molar-refractivity contribution in [1.82, 2.24) is 10.2 Å². The van der Waals surface area contributed by atoms with Gasteiger partial charge in [-0.05, 0) is 32.9 Å². The fourth-order valence-corrected chi connectivity index (χ4v) is 2.04. The van der Waals surface area contributed by atoms with Crippen LogP contribution < -0.4 is 11.1 Å². The summed E-state index contributed by atoms with van der Waals surface area (Å²) in [6, 6.07) is 0.279. The molecule has 0 aromatic carbocycles. The highest BCUT2D eigenvalue weighted by Gasteiger charge is 2.20. The molecule has 0 aromatic rings. The maximum atomic E-state index is 11.5. The molecule has 0 radical (unpaired) electrons. The molecule has 0 saturated carbocycles. The van der Waals surface area contributed by atoms with Crippen molar-refractivity contribution < 1.29 is 4.79 Å². The average Bonchev–Trinajstić information content (AvgIpc) is 2.16. The van der Waals surface area contributed by atoms with Gasteiger partial charge in [-0.15, -0.1) is 24.8 Å².